The van der Waals surface area contributed by atoms with Gasteiger partial charge in [0, 0.05) is 36.8 Å². The molecule has 2 saturated carbocycles. The molecular formula is C39H49N3O10S. The number of hydrogen-bond acceptors (Lipinski definition) is 11. The molecule has 0 bridgehead atoms. The summed E-state index contributed by atoms with van der Waals surface area (Å²) in [6.45, 7) is 10.6. The lowest BCUT2D eigenvalue weighted by Gasteiger charge is -2.29. The number of allylic oxidation sites excluding steroid dienone is 3. The maximum Gasteiger partial charge on any atom is 0.307 e. The number of likely N-dealkylation sites (tertiary alicyclic amines) is 1. The van der Waals surface area contributed by atoms with Gasteiger partial charge in [0.1, 0.15) is 17.5 Å². The number of carbonyl (C=O) groups excluding carboxylic acids is 5. The van der Waals surface area contributed by atoms with Crippen LogP contribution in [0.4, 0.5) is 0 Å². The number of amides is 2. The molecule has 2 amide bonds. The van der Waals surface area contributed by atoms with Crippen molar-refractivity contribution >= 4 is 50.1 Å². The van der Waals surface area contributed by atoms with E-state index in [4.69, 9.17) is 14.2 Å². The lowest BCUT2D eigenvalue weighted by molar-refractivity contribution is -0.159. The molecule has 1 aromatic heterocycles. The highest BCUT2D eigenvalue weighted by molar-refractivity contribution is 7.90. The van der Waals surface area contributed by atoms with Crippen molar-refractivity contribution in [2.45, 2.75) is 102 Å². The van der Waals surface area contributed by atoms with Gasteiger partial charge < -0.3 is 19.1 Å². The van der Waals surface area contributed by atoms with Crippen LogP contribution in [0.5, 0.6) is 11.6 Å². The Morgan fingerprint density at radius 3 is 2.51 bits per heavy atom. The number of aromatic nitrogens is 1. The van der Waals surface area contributed by atoms with Gasteiger partial charge >= 0.3 is 5.97 Å². The van der Waals surface area contributed by atoms with Crippen molar-refractivity contribution in [3.8, 4) is 11.6 Å². The van der Waals surface area contributed by atoms with E-state index in [1.165, 1.54) is 11.0 Å². The summed E-state index contributed by atoms with van der Waals surface area (Å²) in [5.74, 6) is -3.10. The van der Waals surface area contributed by atoms with E-state index < -0.39 is 73.8 Å². The maximum atomic E-state index is 14.5. The van der Waals surface area contributed by atoms with Crippen LogP contribution in [0.3, 0.4) is 0 Å². The first-order chi connectivity index (χ1) is 25.0. The van der Waals surface area contributed by atoms with Gasteiger partial charge in [-0.25, -0.2) is 13.4 Å². The van der Waals surface area contributed by atoms with Crippen LogP contribution in [-0.2, 0) is 38.7 Å². The topological polar surface area (TPSA) is 175 Å². The average molecular weight is 752 g/mol. The van der Waals surface area contributed by atoms with Crippen LogP contribution in [-0.4, -0.2) is 84.3 Å². The largest absolute Gasteiger partial charge is 0.497 e. The van der Waals surface area contributed by atoms with E-state index in [0.29, 0.717) is 24.0 Å². The molecule has 2 aromatic rings. The van der Waals surface area contributed by atoms with Crippen molar-refractivity contribution in [3.05, 3.63) is 55.3 Å². The number of ketones is 2. The number of nitrogens with zero attached hydrogens (tertiary/aromatic N) is 2. The third kappa shape index (κ3) is 9.51. The van der Waals surface area contributed by atoms with Gasteiger partial charge in [0.15, 0.2) is 11.6 Å². The van der Waals surface area contributed by atoms with Crippen molar-refractivity contribution in [2.75, 3.05) is 13.7 Å². The molecule has 1 saturated heterocycles. The molecule has 3 aliphatic rings. The van der Waals surface area contributed by atoms with Gasteiger partial charge in [-0.15, -0.1) is 6.58 Å². The number of carbonyl (C=O) groups is 5. The summed E-state index contributed by atoms with van der Waals surface area (Å²) in [5.41, 5.74) is -2.15. The normalized spacial score (nSPS) is 23.3. The number of rotatable bonds is 17. The molecule has 2 heterocycles. The Kier molecular flexibility index (Phi) is 11.8. The van der Waals surface area contributed by atoms with E-state index in [1.807, 2.05) is 6.07 Å². The van der Waals surface area contributed by atoms with Gasteiger partial charge in [-0.1, -0.05) is 12.2 Å². The highest BCUT2D eigenvalue weighted by atomic mass is 32.2. The van der Waals surface area contributed by atoms with E-state index in [-0.39, 0.29) is 56.7 Å². The predicted octanol–water partition coefficient (Wildman–Crippen LogP) is 4.63. The average Bonchev–Trinajstić information content (AvgIpc) is 4.02. The van der Waals surface area contributed by atoms with Gasteiger partial charge in [0.05, 0.1) is 36.8 Å². The summed E-state index contributed by atoms with van der Waals surface area (Å²) in [7, 11) is -2.32. The molecule has 2 aliphatic carbocycles. The maximum absolute atomic E-state index is 14.5. The van der Waals surface area contributed by atoms with E-state index >= 15 is 0 Å². The fourth-order valence-corrected chi connectivity index (χ4v) is 8.35. The molecule has 5 atom stereocenters. The Morgan fingerprint density at radius 1 is 1.15 bits per heavy atom. The van der Waals surface area contributed by atoms with Gasteiger partial charge in [-0.05, 0) is 95.0 Å². The molecule has 0 unspecified atom stereocenters. The van der Waals surface area contributed by atoms with E-state index in [2.05, 4.69) is 16.3 Å². The van der Waals surface area contributed by atoms with Crippen molar-refractivity contribution in [1.29, 1.82) is 0 Å². The summed E-state index contributed by atoms with van der Waals surface area (Å²) in [4.78, 5) is 73.7. The summed E-state index contributed by atoms with van der Waals surface area (Å²) >= 11 is 0. The first kappa shape index (κ1) is 39.6. The first-order valence-corrected chi connectivity index (χ1v) is 19.5. The molecule has 0 radical (unpaired) electrons. The zero-order valence-electron chi connectivity index (χ0n) is 31.0. The SMILES string of the molecule is C=C[C@@H]1C[C@]1(CC(=O)[C@@H]1C[C@@H](Oc2nccc3cc(OC)ccc23)CN1C(=O)[C@H](CCC(=O)/C=C/C)CC(=O)OC(C)(C)C)C(=O)NS(=O)(=O)C1CC1. The second-order valence-corrected chi connectivity index (χ2v) is 17.2. The van der Waals surface area contributed by atoms with Gasteiger partial charge in [-0.2, -0.15) is 0 Å². The number of ether oxygens (including phenoxy) is 3. The minimum atomic E-state index is -3.88. The number of sulfonamides is 1. The van der Waals surface area contributed by atoms with Crippen LogP contribution in [0, 0.1) is 17.3 Å². The van der Waals surface area contributed by atoms with Gasteiger partial charge in [0.25, 0.3) is 0 Å². The Hall–Kier alpha value is -4.59. The number of methoxy groups -OCH3 is 1. The van der Waals surface area contributed by atoms with Crippen LogP contribution in [0.2, 0.25) is 0 Å². The van der Waals surface area contributed by atoms with Gasteiger partial charge in [-0.3, -0.25) is 28.7 Å². The molecule has 5 rings (SSSR count). The Bertz CT molecular complexity index is 1910. The van der Waals surface area contributed by atoms with Crippen LogP contribution >= 0.6 is 0 Å². The number of benzene rings is 1. The highest BCUT2D eigenvalue weighted by Crippen LogP contribution is 2.57. The Balaban J connectivity index is 1.44. The summed E-state index contributed by atoms with van der Waals surface area (Å²) in [5, 5.41) is 0.853. The molecule has 14 heteroatoms. The smallest absolute Gasteiger partial charge is 0.307 e. The number of hydrogen-bond donors (Lipinski definition) is 1. The summed E-state index contributed by atoms with van der Waals surface area (Å²) in [6.07, 6.45) is 5.96. The third-order valence-electron chi connectivity index (χ3n) is 9.96. The monoisotopic (exact) mass is 751 g/mol. The van der Waals surface area contributed by atoms with E-state index in [0.717, 1.165) is 5.39 Å². The number of pyridine rings is 1. The number of fused-ring (bicyclic) bond motifs is 1. The molecule has 286 valence electrons. The minimum Gasteiger partial charge on any atom is -0.497 e. The van der Waals surface area contributed by atoms with Crippen molar-refractivity contribution in [1.82, 2.24) is 14.6 Å². The van der Waals surface area contributed by atoms with Crippen molar-refractivity contribution in [2.24, 2.45) is 17.3 Å². The molecule has 1 aromatic carbocycles. The van der Waals surface area contributed by atoms with Crippen LogP contribution in [0.15, 0.2) is 55.3 Å². The first-order valence-electron chi connectivity index (χ1n) is 18.0. The Morgan fingerprint density at radius 2 is 1.89 bits per heavy atom. The number of Topliss-reactive ketones (excluding diaryl/α,β-unsaturated/α-hetero) is 1. The van der Waals surface area contributed by atoms with Crippen LogP contribution < -0.4 is 14.2 Å². The fourth-order valence-electron chi connectivity index (χ4n) is 6.96. The lowest BCUT2D eigenvalue weighted by atomic mass is 9.90. The molecule has 1 N–H and O–H groups in total. The van der Waals surface area contributed by atoms with Crippen LogP contribution in [0.1, 0.15) is 79.1 Å². The van der Waals surface area contributed by atoms with Crippen molar-refractivity contribution < 1.29 is 46.6 Å². The highest BCUT2D eigenvalue weighted by Gasteiger charge is 2.61. The zero-order chi connectivity index (χ0) is 38.7. The Labute approximate surface area is 310 Å². The molecular weight excluding hydrogens is 703 g/mol. The second kappa shape index (κ2) is 15.8. The molecule has 53 heavy (non-hydrogen) atoms. The van der Waals surface area contributed by atoms with Gasteiger partial charge in [0.2, 0.25) is 27.7 Å². The van der Waals surface area contributed by atoms with Crippen molar-refractivity contribution in [3.63, 3.8) is 0 Å². The zero-order valence-corrected chi connectivity index (χ0v) is 31.8. The molecule has 3 fully saturated rings. The number of nitrogens with one attached hydrogen (secondary N) is 1. The number of esters is 1. The van der Waals surface area contributed by atoms with Crippen LogP contribution in [0.25, 0.3) is 10.8 Å². The summed E-state index contributed by atoms with van der Waals surface area (Å²) in [6, 6.07) is 6.12. The standard InChI is InChI=1S/C39H49N3O10S/c1-7-9-27(43)11-10-25(19-34(45)52-38(3,4)5)36(46)42-23-29(51-35-31-15-12-28(50-6)18-24(31)16-17-40-35)20-32(42)33(44)22-39(21-26(39)8-2)37(47)41-53(48,49)30-13-14-30/h7-9,12,15-18,25-26,29-30,32H,2,10-11,13-14,19-23H2,1,3-6H3,(H,41,47)/b9-7+/t25-,26-,29-,32+,39-/m1/s1. The molecule has 13 nitrogen and oxygen atoms in total. The fraction of sp³-hybridized carbons (Fsp3) is 0.538. The third-order valence-corrected chi connectivity index (χ3v) is 11.8. The second-order valence-electron chi connectivity index (χ2n) is 15.2. The molecule has 0 spiro atoms. The quantitative estimate of drug-likeness (QED) is 0.136. The molecule has 1 aliphatic heterocycles. The predicted molar refractivity (Wildman–Crippen MR) is 196 cm³/mol. The van der Waals surface area contributed by atoms with E-state index in [9.17, 15) is 32.4 Å². The summed E-state index contributed by atoms with van der Waals surface area (Å²) < 4.78 is 44.9. The lowest BCUT2D eigenvalue weighted by Crippen LogP contribution is -2.46. The van der Waals surface area contributed by atoms with E-state index in [1.54, 1.807) is 71.4 Å². The minimum absolute atomic E-state index is 0.0148.